The summed E-state index contributed by atoms with van der Waals surface area (Å²) in [6.07, 6.45) is 3.33. The molecule has 0 aliphatic carbocycles. The van der Waals surface area contributed by atoms with E-state index in [9.17, 15) is 9.32 Å². The maximum Gasteiger partial charge on any atom is 0.0972 e. The number of benzene rings is 2. The zero-order valence-corrected chi connectivity index (χ0v) is 16.9. The number of rotatable bonds is 9. The average Bonchev–Trinajstić information content (AvgIpc) is 2.61. The van der Waals surface area contributed by atoms with Gasteiger partial charge in [-0.25, -0.2) is 8.93 Å². The molecule has 142 valence electrons. The molecule has 0 spiro atoms. The quantitative estimate of drug-likeness (QED) is 0.702. The van der Waals surface area contributed by atoms with Crippen LogP contribution in [0, 0.1) is 0 Å². The molecule has 2 N–H and O–H groups in total. The second-order valence-electron chi connectivity index (χ2n) is 7.67. The van der Waals surface area contributed by atoms with Gasteiger partial charge < -0.3 is 5.11 Å². The summed E-state index contributed by atoms with van der Waals surface area (Å²) < 4.78 is 15.7. The SMILES string of the molecule is CC(C)(C)S(=O)N[C@@H](CCc1ccccc1)Cc1ccccc1CCO. The molecule has 1 unspecified atom stereocenters. The van der Waals surface area contributed by atoms with Crippen molar-refractivity contribution in [3.63, 3.8) is 0 Å². The highest BCUT2D eigenvalue weighted by molar-refractivity contribution is 7.84. The van der Waals surface area contributed by atoms with Crippen LogP contribution in [0.3, 0.4) is 0 Å². The summed E-state index contributed by atoms with van der Waals surface area (Å²) in [5, 5.41) is 9.32. The third-order valence-corrected chi connectivity index (χ3v) is 6.08. The highest BCUT2D eigenvalue weighted by Gasteiger charge is 2.23. The smallest absolute Gasteiger partial charge is 0.0972 e. The van der Waals surface area contributed by atoms with Crippen LogP contribution in [-0.4, -0.2) is 26.7 Å². The first-order chi connectivity index (χ1) is 12.4. The Morgan fingerprint density at radius 2 is 1.58 bits per heavy atom. The molecule has 0 bridgehead atoms. The molecular weight excluding hydrogens is 342 g/mol. The van der Waals surface area contributed by atoms with Crippen molar-refractivity contribution in [2.45, 2.75) is 57.2 Å². The summed E-state index contributed by atoms with van der Waals surface area (Å²) in [5.41, 5.74) is 3.69. The number of aryl methyl sites for hydroxylation is 1. The highest BCUT2D eigenvalue weighted by atomic mass is 32.2. The van der Waals surface area contributed by atoms with E-state index in [4.69, 9.17) is 0 Å². The standard InChI is InChI=1S/C22H31NO2S/c1-22(2,3)26(25)23-21(14-13-18-9-5-4-6-10-18)17-20-12-8-7-11-19(20)15-16-24/h4-12,21,23-24H,13-17H2,1-3H3/t21-,26?/m0/s1. The fraction of sp³-hybridized carbons (Fsp3) is 0.455. The van der Waals surface area contributed by atoms with Crippen molar-refractivity contribution < 1.29 is 9.32 Å². The third-order valence-electron chi connectivity index (χ3n) is 4.42. The molecular formula is C22H31NO2S. The van der Waals surface area contributed by atoms with E-state index in [1.807, 2.05) is 39.0 Å². The van der Waals surface area contributed by atoms with Crippen molar-refractivity contribution in [3.8, 4) is 0 Å². The Balaban J connectivity index is 2.13. The summed E-state index contributed by atoms with van der Waals surface area (Å²) in [7, 11) is -1.11. The van der Waals surface area contributed by atoms with Gasteiger partial charge in [0.05, 0.1) is 15.7 Å². The molecule has 0 heterocycles. The zero-order valence-electron chi connectivity index (χ0n) is 16.1. The summed E-state index contributed by atoms with van der Waals surface area (Å²) in [4.78, 5) is 0. The van der Waals surface area contributed by atoms with Gasteiger partial charge in [0, 0.05) is 12.6 Å². The zero-order chi connectivity index (χ0) is 19.0. The average molecular weight is 374 g/mol. The second-order valence-corrected chi connectivity index (χ2v) is 9.66. The van der Waals surface area contributed by atoms with Crippen LogP contribution in [0.15, 0.2) is 54.6 Å². The van der Waals surface area contributed by atoms with Crippen molar-refractivity contribution in [3.05, 3.63) is 71.3 Å². The van der Waals surface area contributed by atoms with E-state index in [1.165, 1.54) is 16.7 Å². The molecule has 2 aromatic rings. The van der Waals surface area contributed by atoms with Gasteiger partial charge in [-0.1, -0.05) is 54.6 Å². The lowest BCUT2D eigenvalue weighted by molar-refractivity contribution is 0.299. The van der Waals surface area contributed by atoms with E-state index in [-0.39, 0.29) is 17.4 Å². The van der Waals surface area contributed by atoms with E-state index in [0.717, 1.165) is 19.3 Å². The lowest BCUT2D eigenvalue weighted by atomic mass is 9.95. The molecule has 0 radical (unpaired) electrons. The van der Waals surface area contributed by atoms with E-state index in [2.05, 4.69) is 41.1 Å². The maximum absolute atomic E-state index is 12.6. The molecule has 4 heteroatoms. The molecule has 2 atom stereocenters. The number of aliphatic hydroxyl groups excluding tert-OH is 1. The Morgan fingerprint density at radius 1 is 0.962 bits per heavy atom. The van der Waals surface area contributed by atoms with Gasteiger partial charge in [-0.15, -0.1) is 0 Å². The first kappa shape index (κ1) is 20.8. The minimum absolute atomic E-state index is 0.120. The van der Waals surface area contributed by atoms with Crippen molar-refractivity contribution >= 4 is 11.0 Å². The second kappa shape index (κ2) is 10.0. The van der Waals surface area contributed by atoms with Crippen LogP contribution in [0.1, 0.15) is 43.9 Å². The van der Waals surface area contributed by atoms with E-state index >= 15 is 0 Å². The minimum atomic E-state index is -1.11. The highest BCUT2D eigenvalue weighted by Crippen LogP contribution is 2.17. The molecule has 2 aromatic carbocycles. The number of nitrogens with one attached hydrogen (secondary N) is 1. The van der Waals surface area contributed by atoms with Gasteiger partial charge in [-0.2, -0.15) is 0 Å². The molecule has 3 nitrogen and oxygen atoms in total. The molecule has 26 heavy (non-hydrogen) atoms. The van der Waals surface area contributed by atoms with Crippen molar-refractivity contribution in [1.29, 1.82) is 0 Å². The summed E-state index contributed by atoms with van der Waals surface area (Å²) in [6.45, 7) is 6.12. The van der Waals surface area contributed by atoms with Gasteiger partial charge in [0.25, 0.3) is 0 Å². The number of hydrogen-bond donors (Lipinski definition) is 2. The molecule has 0 saturated carbocycles. The molecule has 0 fully saturated rings. The lowest BCUT2D eigenvalue weighted by Crippen LogP contribution is -2.41. The largest absolute Gasteiger partial charge is 0.396 e. The Labute approximate surface area is 160 Å². The van der Waals surface area contributed by atoms with Crippen LogP contribution in [0.2, 0.25) is 0 Å². The third kappa shape index (κ3) is 6.67. The van der Waals surface area contributed by atoms with Crippen LogP contribution in [-0.2, 0) is 30.2 Å². The Morgan fingerprint density at radius 3 is 2.19 bits per heavy atom. The van der Waals surface area contributed by atoms with Gasteiger partial charge in [-0.3, -0.25) is 0 Å². The van der Waals surface area contributed by atoms with Crippen LogP contribution >= 0.6 is 0 Å². The normalized spacial score (nSPS) is 14.2. The monoisotopic (exact) mass is 373 g/mol. The molecule has 0 amide bonds. The van der Waals surface area contributed by atoms with Crippen molar-refractivity contribution in [1.82, 2.24) is 4.72 Å². The maximum atomic E-state index is 12.6. The molecule has 0 aromatic heterocycles. The summed E-state index contributed by atoms with van der Waals surface area (Å²) in [6, 6.07) is 18.8. The van der Waals surface area contributed by atoms with E-state index in [0.29, 0.717) is 6.42 Å². The molecule has 0 saturated heterocycles. The minimum Gasteiger partial charge on any atom is -0.396 e. The Kier molecular flexibility index (Phi) is 8.01. The van der Waals surface area contributed by atoms with Gasteiger partial charge in [0.15, 0.2) is 0 Å². The van der Waals surface area contributed by atoms with Crippen LogP contribution < -0.4 is 4.72 Å². The van der Waals surface area contributed by atoms with Crippen LogP contribution in [0.4, 0.5) is 0 Å². The fourth-order valence-electron chi connectivity index (χ4n) is 2.90. The Hall–Kier alpha value is -1.49. The number of aliphatic hydroxyl groups is 1. The summed E-state index contributed by atoms with van der Waals surface area (Å²) >= 11 is 0. The van der Waals surface area contributed by atoms with Gasteiger partial charge in [-0.05, 0) is 63.1 Å². The Bertz CT molecular complexity index is 695. The van der Waals surface area contributed by atoms with E-state index < -0.39 is 11.0 Å². The first-order valence-corrected chi connectivity index (χ1v) is 10.4. The molecule has 0 aliphatic heterocycles. The van der Waals surface area contributed by atoms with Crippen LogP contribution in [0.5, 0.6) is 0 Å². The topological polar surface area (TPSA) is 49.3 Å². The van der Waals surface area contributed by atoms with Crippen molar-refractivity contribution in [2.75, 3.05) is 6.61 Å². The fourth-order valence-corrected chi connectivity index (χ4v) is 3.76. The predicted octanol–water partition coefficient (Wildman–Crippen LogP) is 3.82. The van der Waals surface area contributed by atoms with Crippen molar-refractivity contribution in [2.24, 2.45) is 0 Å². The molecule has 0 aliphatic rings. The van der Waals surface area contributed by atoms with Crippen LogP contribution in [0.25, 0.3) is 0 Å². The van der Waals surface area contributed by atoms with Gasteiger partial charge in [0.1, 0.15) is 0 Å². The number of hydrogen-bond acceptors (Lipinski definition) is 2. The summed E-state index contributed by atoms with van der Waals surface area (Å²) in [5.74, 6) is 0. The van der Waals surface area contributed by atoms with Gasteiger partial charge in [0.2, 0.25) is 0 Å². The van der Waals surface area contributed by atoms with Gasteiger partial charge >= 0.3 is 0 Å². The first-order valence-electron chi connectivity index (χ1n) is 9.30. The van der Waals surface area contributed by atoms with E-state index in [1.54, 1.807) is 0 Å². The molecule has 2 rings (SSSR count). The predicted molar refractivity (Wildman–Crippen MR) is 111 cm³/mol. The lowest BCUT2D eigenvalue weighted by Gasteiger charge is -2.25.